The number of halogens is 2. The van der Waals surface area contributed by atoms with E-state index in [1.54, 1.807) is 6.92 Å². The number of hydrogen-bond acceptors (Lipinski definition) is 2. The molecule has 0 spiro atoms. The van der Waals surface area contributed by atoms with E-state index in [1.807, 2.05) is 0 Å². The van der Waals surface area contributed by atoms with Gasteiger partial charge in [0.2, 0.25) is 0 Å². The smallest absolute Gasteiger partial charge is 0.253 e. The minimum Gasteiger partial charge on any atom is -0.393 e. The molecule has 92 valence electrons. The van der Waals surface area contributed by atoms with Crippen LogP contribution in [-0.4, -0.2) is 16.9 Å². The van der Waals surface area contributed by atoms with E-state index < -0.39 is 11.7 Å². The van der Waals surface area contributed by atoms with Crippen LogP contribution in [0.4, 0.5) is 4.39 Å². The molecule has 0 aliphatic heterocycles. The number of nitrogens with one attached hydrogen (secondary N) is 1. The van der Waals surface area contributed by atoms with Crippen molar-refractivity contribution in [1.82, 2.24) is 5.32 Å². The molecule has 0 saturated heterocycles. The maximum Gasteiger partial charge on any atom is 0.253 e. The number of carbonyl (C=O) groups excluding carboxylic acids is 1. The fourth-order valence-corrected chi connectivity index (χ4v) is 1.80. The summed E-state index contributed by atoms with van der Waals surface area (Å²) in [6, 6.07) is 3.85. The first-order valence-electron chi connectivity index (χ1n) is 4.95. The Morgan fingerprint density at radius 2 is 2.29 bits per heavy atom. The van der Waals surface area contributed by atoms with E-state index in [4.69, 9.17) is 29.6 Å². The summed E-state index contributed by atoms with van der Waals surface area (Å²) < 4.78 is 13.1. The third-order valence-electron chi connectivity index (χ3n) is 2.08. The molecule has 0 aliphatic carbocycles. The molecule has 3 N–H and O–H groups in total. The summed E-state index contributed by atoms with van der Waals surface area (Å²) in [4.78, 5) is 12.1. The fourth-order valence-electron chi connectivity index (χ4n) is 1.33. The second-order valence-electron chi connectivity index (χ2n) is 3.65. The average Bonchev–Trinajstić information content (AvgIpc) is 2.20. The highest BCUT2D eigenvalue weighted by molar-refractivity contribution is 7.80. The van der Waals surface area contributed by atoms with Crippen molar-refractivity contribution in [2.75, 3.05) is 0 Å². The molecule has 1 aromatic carbocycles. The third-order valence-corrected chi connectivity index (χ3v) is 2.63. The number of benzene rings is 1. The number of rotatable bonds is 4. The highest BCUT2D eigenvalue weighted by Gasteiger charge is 2.15. The zero-order valence-corrected chi connectivity index (χ0v) is 10.7. The highest BCUT2D eigenvalue weighted by Crippen LogP contribution is 2.19. The first-order chi connectivity index (χ1) is 7.91. The summed E-state index contributed by atoms with van der Waals surface area (Å²) in [6.07, 6.45) is 0.383. The third kappa shape index (κ3) is 3.94. The van der Waals surface area contributed by atoms with Gasteiger partial charge >= 0.3 is 0 Å². The lowest BCUT2D eigenvalue weighted by molar-refractivity contribution is 0.0941. The van der Waals surface area contributed by atoms with Gasteiger partial charge in [0.05, 0.1) is 15.6 Å². The Morgan fingerprint density at radius 3 is 2.88 bits per heavy atom. The largest absolute Gasteiger partial charge is 0.393 e. The van der Waals surface area contributed by atoms with Crippen LogP contribution in [0, 0.1) is 5.82 Å². The Balaban J connectivity index is 2.77. The van der Waals surface area contributed by atoms with Gasteiger partial charge in [-0.15, -0.1) is 0 Å². The fraction of sp³-hybridized carbons (Fsp3) is 0.273. The van der Waals surface area contributed by atoms with Gasteiger partial charge < -0.3 is 11.1 Å². The summed E-state index contributed by atoms with van der Waals surface area (Å²) in [7, 11) is 0. The minimum atomic E-state index is -0.624. The molecular weight excluding hydrogens is 263 g/mol. The van der Waals surface area contributed by atoms with Crippen molar-refractivity contribution in [1.29, 1.82) is 0 Å². The quantitative estimate of drug-likeness (QED) is 0.828. The lowest BCUT2D eigenvalue weighted by Crippen LogP contribution is -2.35. The molecule has 1 aromatic rings. The molecule has 17 heavy (non-hydrogen) atoms. The minimum absolute atomic E-state index is 0.0986. The molecule has 0 saturated carbocycles. The van der Waals surface area contributed by atoms with Crippen molar-refractivity contribution in [2.24, 2.45) is 5.73 Å². The number of nitrogens with two attached hydrogens (primary N) is 1. The molecule has 0 aromatic heterocycles. The Kier molecular flexibility index (Phi) is 4.84. The van der Waals surface area contributed by atoms with Gasteiger partial charge in [0.25, 0.3) is 5.91 Å². The van der Waals surface area contributed by atoms with E-state index in [-0.39, 0.29) is 16.6 Å². The zero-order valence-electron chi connectivity index (χ0n) is 9.17. The van der Waals surface area contributed by atoms with Crippen LogP contribution in [0.2, 0.25) is 5.02 Å². The summed E-state index contributed by atoms with van der Waals surface area (Å²) in [6.45, 7) is 1.75. The van der Waals surface area contributed by atoms with Gasteiger partial charge in [-0.05, 0) is 19.1 Å². The first-order valence-corrected chi connectivity index (χ1v) is 5.73. The highest BCUT2D eigenvalue weighted by atomic mass is 35.5. The van der Waals surface area contributed by atoms with Crippen LogP contribution < -0.4 is 11.1 Å². The summed E-state index contributed by atoms with van der Waals surface area (Å²) in [5.74, 6) is -1.07. The molecule has 0 bridgehead atoms. The zero-order chi connectivity index (χ0) is 13.0. The molecule has 0 heterocycles. The van der Waals surface area contributed by atoms with Gasteiger partial charge in [0.1, 0.15) is 5.82 Å². The van der Waals surface area contributed by atoms with Crippen molar-refractivity contribution in [2.45, 2.75) is 19.4 Å². The van der Waals surface area contributed by atoms with Crippen LogP contribution in [-0.2, 0) is 0 Å². The Hall–Kier alpha value is -1.20. The van der Waals surface area contributed by atoms with Gasteiger partial charge in [0, 0.05) is 12.5 Å². The van der Waals surface area contributed by atoms with Gasteiger partial charge in [0.15, 0.2) is 0 Å². The Labute approximate surface area is 109 Å². The van der Waals surface area contributed by atoms with Crippen LogP contribution in [0.3, 0.4) is 0 Å². The lowest BCUT2D eigenvalue weighted by Gasteiger charge is -2.13. The second kappa shape index (κ2) is 5.93. The van der Waals surface area contributed by atoms with Crippen LogP contribution in [0.25, 0.3) is 0 Å². The van der Waals surface area contributed by atoms with Crippen molar-refractivity contribution >= 4 is 34.7 Å². The number of thiocarbonyl (C=S) groups is 1. The summed E-state index contributed by atoms with van der Waals surface area (Å²) >= 11 is 10.4. The SMILES string of the molecule is CC(CC(N)=S)NC(=O)c1cccc(F)c1Cl. The van der Waals surface area contributed by atoms with Crippen molar-refractivity contribution in [3.63, 3.8) is 0 Å². The van der Waals surface area contributed by atoms with Crippen molar-refractivity contribution in [3.8, 4) is 0 Å². The van der Waals surface area contributed by atoms with Gasteiger partial charge in [-0.3, -0.25) is 4.79 Å². The van der Waals surface area contributed by atoms with Crippen LogP contribution in [0.5, 0.6) is 0 Å². The van der Waals surface area contributed by atoms with Crippen LogP contribution in [0.15, 0.2) is 18.2 Å². The molecule has 1 unspecified atom stereocenters. The van der Waals surface area contributed by atoms with Gasteiger partial charge in [-0.2, -0.15) is 0 Å². The Bertz CT molecular complexity index is 453. The van der Waals surface area contributed by atoms with Gasteiger partial charge in [-0.25, -0.2) is 4.39 Å². The molecule has 1 rings (SSSR count). The topological polar surface area (TPSA) is 55.1 Å². The number of carbonyl (C=O) groups is 1. The molecule has 1 atom stereocenters. The van der Waals surface area contributed by atoms with E-state index in [0.717, 1.165) is 0 Å². The molecule has 0 aliphatic rings. The molecular formula is C11H12ClFN2OS. The summed E-state index contributed by atoms with van der Waals surface area (Å²) in [5.41, 5.74) is 5.45. The maximum absolute atomic E-state index is 13.1. The maximum atomic E-state index is 13.1. The standard InChI is InChI=1S/C11H12ClFN2OS/c1-6(5-9(14)17)15-11(16)7-3-2-4-8(13)10(7)12/h2-4,6H,5H2,1H3,(H2,14,17)(H,15,16). The van der Waals surface area contributed by atoms with Crippen LogP contribution >= 0.6 is 23.8 Å². The van der Waals surface area contributed by atoms with Crippen LogP contribution in [0.1, 0.15) is 23.7 Å². The van der Waals surface area contributed by atoms with E-state index in [0.29, 0.717) is 11.4 Å². The van der Waals surface area contributed by atoms with E-state index in [9.17, 15) is 9.18 Å². The van der Waals surface area contributed by atoms with E-state index in [2.05, 4.69) is 5.32 Å². The predicted octanol–water partition coefficient (Wildman–Crippen LogP) is 2.27. The normalized spacial score (nSPS) is 11.9. The number of amides is 1. The Morgan fingerprint density at radius 1 is 1.65 bits per heavy atom. The monoisotopic (exact) mass is 274 g/mol. The van der Waals surface area contributed by atoms with E-state index in [1.165, 1.54) is 18.2 Å². The predicted molar refractivity (Wildman–Crippen MR) is 69.7 cm³/mol. The average molecular weight is 275 g/mol. The van der Waals surface area contributed by atoms with Crippen molar-refractivity contribution in [3.05, 3.63) is 34.6 Å². The summed E-state index contributed by atoms with van der Waals surface area (Å²) in [5, 5.41) is 2.45. The van der Waals surface area contributed by atoms with Gasteiger partial charge in [-0.1, -0.05) is 29.9 Å². The number of hydrogen-bond donors (Lipinski definition) is 2. The molecule has 1 amide bonds. The van der Waals surface area contributed by atoms with E-state index >= 15 is 0 Å². The first kappa shape index (κ1) is 13.9. The van der Waals surface area contributed by atoms with Crippen molar-refractivity contribution < 1.29 is 9.18 Å². The second-order valence-corrected chi connectivity index (χ2v) is 4.55. The molecule has 6 heteroatoms. The molecule has 0 fully saturated rings. The lowest BCUT2D eigenvalue weighted by atomic mass is 10.1. The molecule has 3 nitrogen and oxygen atoms in total. The molecule has 0 radical (unpaired) electrons.